The second-order valence-corrected chi connectivity index (χ2v) is 11.2. The van der Waals surface area contributed by atoms with Crippen molar-refractivity contribution in [1.82, 2.24) is 9.80 Å². The van der Waals surface area contributed by atoms with Crippen molar-refractivity contribution in [1.29, 1.82) is 0 Å². The number of aryl methyl sites for hydroxylation is 2. The van der Waals surface area contributed by atoms with Crippen molar-refractivity contribution in [2.75, 3.05) is 26.9 Å². The highest BCUT2D eigenvalue weighted by Gasteiger charge is 2.37. The highest BCUT2D eigenvalue weighted by atomic mass is 16.6. The number of methoxy groups -OCH3 is 1. The van der Waals surface area contributed by atoms with E-state index in [4.69, 9.17) is 18.9 Å². The summed E-state index contributed by atoms with van der Waals surface area (Å²) in [5.74, 6) is 1.61. The summed E-state index contributed by atoms with van der Waals surface area (Å²) in [6.07, 6.45) is 0.680. The minimum absolute atomic E-state index is 0.000805. The third-order valence-corrected chi connectivity index (χ3v) is 7.53. The van der Waals surface area contributed by atoms with Crippen LogP contribution in [0, 0.1) is 13.8 Å². The number of carbonyl (C=O) groups is 2. The third kappa shape index (κ3) is 7.75. The summed E-state index contributed by atoms with van der Waals surface area (Å²) in [6, 6.07) is 21.4. The Morgan fingerprint density at radius 2 is 1.52 bits per heavy atom. The Hall–Kier alpha value is -4.20. The molecular formula is C34H42N2O6. The average molecular weight is 575 g/mol. The standard InChI is InChI=1S/C34H42N2O6/c1-7-40-32(37)34(4,5)42-31-16-14-30(15-17-31)41-19-18-28-23-35(21-27-9-8-24(2)25(3)20-27)33(38)36(28)22-26-10-12-29(39-6)13-11-26/h8-17,20,28H,7,18-19,21-23H2,1-6H3. The smallest absolute Gasteiger partial charge is 0.349 e. The molecule has 8 heteroatoms. The average Bonchev–Trinajstić information content (AvgIpc) is 3.25. The number of rotatable bonds is 13. The van der Waals surface area contributed by atoms with Crippen LogP contribution in [0.15, 0.2) is 66.7 Å². The molecule has 3 aromatic carbocycles. The van der Waals surface area contributed by atoms with Gasteiger partial charge in [0.25, 0.3) is 0 Å². The Labute approximate surface area is 249 Å². The van der Waals surface area contributed by atoms with Crippen molar-refractivity contribution < 1.29 is 28.5 Å². The fourth-order valence-corrected chi connectivity index (χ4v) is 4.95. The number of urea groups is 1. The SMILES string of the molecule is CCOC(=O)C(C)(C)Oc1ccc(OCCC2CN(Cc3ccc(C)c(C)c3)C(=O)N2Cc2ccc(OC)cc2)cc1. The number of carbonyl (C=O) groups excluding carboxylic acids is 2. The van der Waals surface area contributed by atoms with E-state index in [1.807, 2.05) is 46.2 Å². The van der Waals surface area contributed by atoms with Crippen molar-refractivity contribution in [3.63, 3.8) is 0 Å². The molecule has 0 N–H and O–H groups in total. The Morgan fingerprint density at radius 3 is 2.17 bits per heavy atom. The van der Waals surface area contributed by atoms with Gasteiger partial charge in [-0.2, -0.15) is 0 Å². The first-order valence-electron chi connectivity index (χ1n) is 14.4. The van der Waals surface area contributed by atoms with Gasteiger partial charge in [0.05, 0.1) is 26.4 Å². The highest BCUT2D eigenvalue weighted by molar-refractivity contribution is 5.79. The first-order valence-corrected chi connectivity index (χ1v) is 14.4. The fraction of sp³-hybridized carbons (Fsp3) is 0.412. The normalized spacial score (nSPS) is 15.1. The molecule has 1 saturated heterocycles. The summed E-state index contributed by atoms with van der Waals surface area (Å²) in [5, 5.41) is 0. The van der Waals surface area contributed by atoms with Crippen LogP contribution in [0.5, 0.6) is 17.2 Å². The van der Waals surface area contributed by atoms with Gasteiger partial charge in [-0.1, -0.05) is 30.3 Å². The number of esters is 1. The molecule has 224 valence electrons. The molecular weight excluding hydrogens is 532 g/mol. The van der Waals surface area contributed by atoms with E-state index in [0.29, 0.717) is 50.8 Å². The van der Waals surface area contributed by atoms with E-state index in [0.717, 1.165) is 16.9 Å². The molecule has 1 unspecified atom stereocenters. The predicted octanol–water partition coefficient (Wildman–Crippen LogP) is 6.31. The molecule has 8 nitrogen and oxygen atoms in total. The highest BCUT2D eigenvalue weighted by Crippen LogP contribution is 2.27. The Bertz CT molecular complexity index is 1350. The molecule has 1 fully saturated rings. The Balaban J connectivity index is 1.40. The van der Waals surface area contributed by atoms with Crippen molar-refractivity contribution in [2.45, 2.75) is 65.8 Å². The van der Waals surface area contributed by atoms with Gasteiger partial charge in [0, 0.05) is 26.1 Å². The zero-order chi connectivity index (χ0) is 30.3. The molecule has 42 heavy (non-hydrogen) atoms. The Kier molecular flexibility index (Phi) is 9.99. The molecule has 1 aliphatic heterocycles. The second-order valence-electron chi connectivity index (χ2n) is 11.2. The van der Waals surface area contributed by atoms with Crippen LogP contribution in [0.1, 0.15) is 49.4 Å². The minimum Gasteiger partial charge on any atom is -0.497 e. The topological polar surface area (TPSA) is 77.5 Å². The maximum Gasteiger partial charge on any atom is 0.349 e. The van der Waals surface area contributed by atoms with Crippen LogP contribution in [-0.2, 0) is 22.6 Å². The molecule has 0 radical (unpaired) electrons. The first-order chi connectivity index (χ1) is 20.1. The molecule has 1 aliphatic rings. The van der Waals surface area contributed by atoms with E-state index >= 15 is 0 Å². The summed E-state index contributed by atoms with van der Waals surface area (Å²) in [5.41, 5.74) is 3.54. The summed E-state index contributed by atoms with van der Waals surface area (Å²) in [7, 11) is 1.64. The number of hydrogen-bond donors (Lipinski definition) is 0. The molecule has 2 amide bonds. The third-order valence-electron chi connectivity index (χ3n) is 7.53. The summed E-state index contributed by atoms with van der Waals surface area (Å²) >= 11 is 0. The molecule has 0 saturated carbocycles. The van der Waals surface area contributed by atoms with Crippen LogP contribution in [0.2, 0.25) is 0 Å². The van der Waals surface area contributed by atoms with Crippen molar-refractivity contribution >= 4 is 12.0 Å². The zero-order valence-electron chi connectivity index (χ0n) is 25.5. The summed E-state index contributed by atoms with van der Waals surface area (Å²) in [6.45, 7) is 11.8. The molecule has 0 bridgehead atoms. The van der Waals surface area contributed by atoms with E-state index in [1.54, 1.807) is 40.0 Å². The molecule has 3 aromatic rings. The molecule has 1 atom stereocenters. The number of nitrogens with zero attached hydrogens (tertiary/aromatic N) is 2. The lowest BCUT2D eigenvalue weighted by molar-refractivity contribution is -0.158. The van der Waals surface area contributed by atoms with Gasteiger partial charge >= 0.3 is 12.0 Å². The monoisotopic (exact) mass is 574 g/mol. The number of ether oxygens (including phenoxy) is 4. The summed E-state index contributed by atoms with van der Waals surface area (Å²) < 4.78 is 22.3. The van der Waals surface area contributed by atoms with Crippen LogP contribution in [0.4, 0.5) is 4.79 Å². The van der Waals surface area contributed by atoms with E-state index < -0.39 is 11.6 Å². The molecule has 0 spiro atoms. The second kappa shape index (κ2) is 13.6. The molecule has 1 heterocycles. The quantitative estimate of drug-likeness (QED) is 0.223. The summed E-state index contributed by atoms with van der Waals surface area (Å²) in [4.78, 5) is 29.6. The van der Waals surface area contributed by atoms with E-state index in [1.165, 1.54) is 11.1 Å². The maximum absolute atomic E-state index is 13.6. The zero-order valence-corrected chi connectivity index (χ0v) is 25.5. The van der Waals surface area contributed by atoms with Crippen LogP contribution in [-0.4, -0.2) is 60.3 Å². The molecule has 4 rings (SSSR count). The van der Waals surface area contributed by atoms with Gasteiger partial charge in [0.15, 0.2) is 5.60 Å². The first kappa shape index (κ1) is 30.8. The van der Waals surface area contributed by atoms with E-state index in [-0.39, 0.29) is 12.1 Å². The van der Waals surface area contributed by atoms with Crippen LogP contribution >= 0.6 is 0 Å². The fourth-order valence-electron chi connectivity index (χ4n) is 4.95. The van der Waals surface area contributed by atoms with Gasteiger partial charge in [-0.25, -0.2) is 9.59 Å². The van der Waals surface area contributed by atoms with Crippen LogP contribution in [0.3, 0.4) is 0 Å². The predicted molar refractivity (Wildman–Crippen MR) is 162 cm³/mol. The Morgan fingerprint density at radius 1 is 0.881 bits per heavy atom. The molecule has 0 aromatic heterocycles. The van der Waals surface area contributed by atoms with Gasteiger partial charge in [-0.05, 0) is 93.3 Å². The van der Waals surface area contributed by atoms with Gasteiger partial charge in [-0.3, -0.25) is 0 Å². The van der Waals surface area contributed by atoms with Gasteiger partial charge in [0.1, 0.15) is 17.2 Å². The van der Waals surface area contributed by atoms with Gasteiger partial charge in [-0.15, -0.1) is 0 Å². The van der Waals surface area contributed by atoms with Crippen LogP contribution in [0.25, 0.3) is 0 Å². The van der Waals surface area contributed by atoms with Crippen molar-refractivity contribution in [2.24, 2.45) is 0 Å². The van der Waals surface area contributed by atoms with E-state index in [9.17, 15) is 9.59 Å². The van der Waals surface area contributed by atoms with Gasteiger partial charge < -0.3 is 28.7 Å². The van der Waals surface area contributed by atoms with E-state index in [2.05, 4.69) is 32.0 Å². The number of amides is 2. The number of hydrogen-bond acceptors (Lipinski definition) is 6. The minimum atomic E-state index is -1.09. The lowest BCUT2D eigenvalue weighted by atomic mass is 10.1. The van der Waals surface area contributed by atoms with Crippen molar-refractivity contribution in [3.05, 3.63) is 89.0 Å². The lowest BCUT2D eigenvalue weighted by Gasteiger charge is -2.24. The maximum atomic E-state index is 13.6. The van der Waals surface area contributed by atoms with Gasteiger partial charge in [0.2, 0.25) is 0 Å². The lowest BCUT2D eigenvalue weighted by Crippen LogP contribution is -2.39. The molecule has 0 aliphatic carbocycles. The van der Waals surface area contributed by atoms with Crippen LogP contribution < -0.4 is 14.2 Å². The van der Waals surface area contributed by atoms with Crippen molar-refractivity contribution in [3.8, 4) is 17.2 Å². The largest absolute Gasteiger partial charge is 0.497 e. The number of benzene rings is 3.